The first-order chi connectivity index (χ1) is 17.9. The van der Waals surface area contributed by atoms with Gasteiger partial charge in [-0.2, -0.15) is 14.9 Å². The predicted octanol–water partition coefficient (Wildman–Crippen LogP) is 3.36. The Morgan fingerprint density at radius 1 is 1.05 bits per heavy atom. The van der Waals surface area contributed by atoms with Crippen LogP contribution in [0.2, 0.25) is 0 Å². The highest BCUT2D eigenvalue weighted by atomic mass is 19.1. The van der Waals surface area contributed by atoms with E-state index in [-0.39, 0.29) is 41.5 Å². The predicted molar refractivity (Wildman–Crippen MR) is 129 cm³/mol. The number of H-pyrrole nitrogens is 1. The first-order valence-corrected chi connectivity index (χ1v) is 11.0. The molecule has 186 valence electrons. The van der Waals surface area contributed by atoms with Crippen LogP contribution >= 0.6 is 0 Å². The molecule has 0 saturated heterocycles. The number of anilines is 1. The highest BCUT2D eigenvalue weighted by Gasteiger charge is 2.17. The van der Waals surface area contributed by atoms with Crippen LogP contribution in [0.5, 0.6) is 11.5 Å². The molecule has 0 atom stereocenters. The summed E-state index contributed by atoms with van der Waals surface area (Å²) in [5.41, 5.74) is 0.340. The van der Waals surface area contributed by atoms with Crippen molar-refractivity contribution in [2.75, 3.05) is 11.9 Å². The van der Waals surface area contributed by atoms with Crippen molar-refractivity contribution in [1.82, 2.24) is 25.0 Å². The number of rotatable bonds is 7. The maximum Gasteiger partial charge on any atom is 0.284 e. The minimum Gasteiger partial charge on any atom is -0.453 e. The monoisotopic (exact) mass is 504 g/mol. The van der Waals surface area contributed by atoms with Crippen molar-refractivity contribution in [3.63, 3.8) is 0 Å². The fourth-order valence-electron chi connectivity index (χ4n) is 3.69. The van der Waals surface area contributed by atoms with Crippen molar-refractivity contribution in [2.24, 2.45) is 0 Å². The van der Waals surface area contributed by atoms with E-state index >= 15 is 0 Å². The van der Waals surface area contributed by atoms with E-state index in [1.807, 2.05) is 0 Å². The van der Waals surface area contributed by atoms with E-state index in [9.17, 15) is 23.5 Å². The molecule has 12 heteroatoms. The summed E-state index contributed by atoms with van der Waals surface area (Å²) in [5.74, 6) is -1.86. The molecule has 0 saturated carbocycles. The van der Waals surface area contributed by atoms with Crippen LogP contribution in [-0.4, -0.2) is 42.6 Å². The zero-order valence-corrected chi connectivity index (χ0v) is 19.0. The number of pyridine rings is 1. The summed E-state index contributed by atoms with van der Waals surface area (Å²) in [6, 6.07) is 11.6. The van der Waals surface area contributed by atoms with Crippen LogP contribution in [-0.2, 0) is 6.42 Å². The Balaban J connectivity index is 1.37. The van der Waals surface area contributed by atoms with Crippen molar-refractivity contribution >= 4 is 22.6 Å². The van der Waals surface area contributed by atoms with E-state index in [1.54, 1.807) is 6.07 Å². The van der Waals surface area contributed by atoms with E-state index < -0.39 is 23.1 Å². The number of benzene rings is 2. The number of halogens is 2. The van der Waals surface area contributed by atoms with Crippen molar-refractivity contribution in [1.29, 1.82) is 0 Å². The molecular weight excluding hydrogens is 486 g/mol. The topological polar surface area (TPSA) is 135 Å². The number of hydrogen-bond donors (Lipinski definition) is 3. The number of ether oxygens (including phenoxy) is 1. The van der Waals surface area contributed by atoms with Crippen LogP contribution in [0.3, 0.4) is 0 Å². The average molecular weight is 504 g/mol. The van der Waals surface area contributed by atoms with Gasteiger partial charge < -0.3 is 15.2 Å². The standard InChI is InChI=1S/C25H18F2N6O4/c26-14-1-4-16(5-2-14)33-25(36)17(7-11-29-33)24(35)30-15-3-6-20(18(27)13-15)37-21-8-10-28-23-22(21)19(9-12-34)31-32-23/h1-8,10-11,13,34H,9,12H2,(H,30,35)(H,28,31,32). The van der Waals surface area contributed by atoms with Gasteiger partial charge in [0.1, 0.15) is 17.1 Å². The Morgan fingerprint density at radius 2 is 1.86 bits per heavy atom. The number of hydrogen-bond acceptors (Lipinski definition) is 7. The molecule has 0 bridgehead atoms. The molecule has 3 heterocycles. The van der Waals surface area contributed by atoms with Crippen LogP contribution in [0.4, 0.5) is 14.5 Å². The molecule has 2 aromatic carbocycles. The molecule has 5 rings (SSSR count). The van der Waals surface area contributed by atoms with Crippen molar-refractivity contribution < 1.29 is 23.4 Å². The summed E-state index contributed by atoms with van der Waals surface area (Å²) >= 11 is 0. The maximum atomic E-state index is 14.9. The molecule has 0 radical (unpaired) electrons. The molecule has 37 heavy (non-hydrogen) atoms. The summed E-state index contributed by atoms with van der Waals surface area (Å²) in [7, 11) is 0. The zero-order chi connectivity index (χ0) is 25.9. The van der Waals surface area contributed by atoms with Crippen molar-refractivity contribution in [3.8, 4) is 17.2 Å². The van der Waals surface area contributed by atoms with Gasteiger partial charge in [-0.05, 0) is 48.5 Å². The minimum atomic E-state index is -0.779. The second kappa shape index (κ2) is 9.95. The summed E-state index contributed by atoms with van der Waals surface area (Å²) in [5, 5.41) is 23.0. The molecule has 3 N–H and O–H groups in total. The number of aliphatic hydroxyl groups excluding tert-OH is 1. The Labute approximate surface area is 207 Å². The molecule has 0 aliphatic rings. The number of carbonyl (C=O) groups is 1. The Bertz CT molecular complexity index is 1670. The fraction of sp³-hybridized carbons (Fsp3) is 0.0800. The molecule has 0 fully saturated rings. The van der Waals surface area contributed by atoms with Crippen LogP contribution in [0.25, 0.3) is 16.7 Å². The highest BCUT2D eigenvalue weighted by Crippen LogP contribution is 2.32. The van der Waals surface area contributed by atoms with Gasteiger partial charge in [0, 0.05) is 37.2 Å². The number of aromatic amines is 1. The van der Waals surface area contributed by atoms with Gasteiger partial charge in [0.05, 0.1) is 16.8 Å². The highest BCUT2D eigenvalue weighted by molar-refractivity contribution is 6.04. The Hall–Kier alpha value is -4.97. The SMILES string of the molecule is O=C(Nc1ccc(Oc2ccnc3n[nH]c(CCO)c23)c(F)c1)c1ccnn(-c2ccc(F)cc2)c1=O. The second-order valence-electron chi connectivity index (χ2n) is 7.82. The summed E-state index contributed by atoms with van der Waals surface area (Å²) in [6.45, 7) is -0.124. The van der Waals surface area contributed by atoms with Crippen molar-refractivity contribution in [3.05, 3.63) is 100 Å². The van der Waals surface area contributed by atoms with Crippen molar-refractivity contribution in [2.45, 2.75) is 6.42 Å². The fourth-order valence-corrected chi connectivity index (χ4v) is 3.69. The summed E-state index contributed by atoms with van der Waals surface area (Å²) in [4.78, 5) is 29.7. The van der Waals surface area contributed by atoms with Crippen LogP contribution < -0.4 is 15.6 Å². The number of nitrogens with zero attached hydrogens (tertiary/aromatic N) is 4. The Kier molecular flexibility index (Phi) is 6.39. The third-order valence-corrected chi connectivity index (χ3v) is 5.42. The lowest BCUT2D eigenvalue weighted by atomic mass is 10.2. The number of amides is 1. The third-order valence-electron chi connectivity index (χ3n) is 5.42. The lowest BCUT2D eigenvalue weighted by Gasteiger charge is -2.11. The molecule has 3 aromatic heterocycles. The van der Waals surface area contributed by atoms with Gasteiger partial charge >= 0.3 is 0 Å². The van der Waals surface area contributed by atoms with Crippen LogP contribution in [0, 0.1) is 11.6 Å². The first kappa shape index (κ1) is 23.8. The normalized spacial score (nSPS) is 11.0. The molecule has 0 aliphatic carbocycles. The Morgan fingerprint density at radius 3 is 2.62 bits per heavy atom. The molecule has 0 unspecified atom stereocenters. The van der Waals surface area contributed by atoms with E-state index in [0.29, 0.717) is 16.7 Å². The molecular formula is C25H18F2N6O4. The van der Waals surface area contributed by atoms with Crippen LogP contribution in [0.1, 0.15) is 16.1 Å². The van der Waals surface area contributed by atoms with Gasteiger partial charge in [0.2, 0.25) is 0 Å². The maximum absolute atomic E-state index is 14.9. The van der Waals surface area contributed by atoms with E-state index in [2.05, 4.69) is 25.6 Å². The van der Waals surface area contributed by atoms with Gasteiger partial charge in [0.15, 0.2) is 17.2 Å². The second-order valence-corrected chi connectivity index (χ2v) is 7.82. The van der Waals surface area contributed by atoms with Gasteiger partial charge in [-0.1, -0.05) is 0 Å². The van der Waals surface area contributed by atoms with E-state index in [0.717, 1.165) is 10.7 Å². The third kappa shape index (κ3) is 4.77. The number of aromatic nitrogens is 5. The van der Waals surface area contributed by atoms with Gasteiger partial charge in [-0.3, -0.25) is 14.7 Å². The lowest BCUT2D eigenvalue weighted by molar-refractivity contribution is 0.102. The van der Waals surface area contributed by atoms with Gasteiger partial charge in [-0.25, -0.2) is 13.8 Å². The summed E-state index contributed by atoms with van der Waals surface area (Å²) < 4.78 is 34.8. The zero-order valence-electron chi connectivity index (χ0n) is 19.0. The van der Waals surface area contributed by atoms with E-state index in [1.165, 1.54) is 54.9 Å². The number of carbonyl (C=O) groups excluding carboxylic acids is 1. The largest absolute Gasteiger partial charge is 0.453 e. The minimum absolute atomic E-state index is 0.0866. The molecule has 1 amide bonds. The number of nitrogens with one attached hydrogen (secondary N) is 2. The lowest BCUT2D eigenvalue weighted by Crippen LogP contribution is -2.29. The number of fused-ring (bicyclic) bond motifs is 1. The molecule has 5 aromatic rings. The first-order valence-electron chi connectivity index (χ1n) is 11.0. The molecule has 0 aliphatic heterocycles. The van der Waals surface area contributed by atoms with Crippen LogP contribution in [0.15, 0.2) is 71.8 Å². The number of aliphatic hydroxyl groups is 1. The quantitative estimate of drug-likeness (QED) is 0.309. The van der Waals surface area contributed by atoms with Gasteiger partial charge in [0.25, 0.3) is 11.5 Å². The molecule has 10 nitrogen and oxygen atoms in total. The summed E-state index contributed by atoms with van der Waals surface area (Å²) in [6.07, 6.45) is 3.00. The van der Waals surface area contributed by atoms with Gasteiger partial charge in [-0.15, -0.1) is 0 Å². The average Bonchev–Trinajstić information content (AvgIpc) is 3.30. The smallest absolute Gasteiger partial charge is 0.284 e. The van der Waals surface area contributed by atoms with E-state index in [4.69, 9.17) is 4.74 Å². The molecule has 0 spiro atoms.